The van der Waals surface area contributed by atoms with Crippen molar-refractivity contribution in [1.29, 1.82) is 0 Å². The lowest BCUT2D eigenvalue weighted by molar-refractivity contribution is -0.143. The van der Waals surface area contributed by atoms with Gasteiger partial charge in [-0.3, -0.25) is 43.2 Å². The lowest BCUT2D eigenvalue weighted by Gasteiger charge is -2.28. The minimum absolute atomic E-state index is 0.0163. The van der Waals surface area contributed by atoms with E-state index in [4.69, 9.17) is 28.0 Å². The van der Waals surface area contributed by atoms with Crippen molar-refractivity contribution in [3.63, 3.8) is 0 Å². The number of unbranched alkanes of at least 4 members (excludes halogenated alkanes) is 2. The zero-order valence-corrected chi connectivity index (χ0v) is 34.0. The van der Waals surface area contributed by atoms with Crippen molar-refractivity contribution in [2.45, 2.75) is 147 Å². The zero-order chi connectivity index (χ0) is 45.2. The number of primary amides is 1. The van der Waals surface area contributed by atoms with E-state index in [1.807, 2.05) is 0 Å². The van der Waals surface area contributed by atoms with Crippen molar-refractivity contribution < 1.29 is 63.3 Å². The third kappa shape index (κ3) is 23.5. The zero-order valence-electron chi connectivity index (χ0n) is 34.0. The molecule has 0 heterocycles. The largest absolute Gasteiger partial charge is 0.481 e. The van der Waals surface area contributed by atoms with Gasteiger partial charge in [-0.05, 0) is 90.1 Å². The number of hydrogen-bond donors (Lipinski definition) is 13. The molecule has 7 atom stereocenters. The van der Waals surface area contributed by atoms with E-state index in [2.05, 4.69) is 31.9 Å². The Hall–Kier alpha value is -5.42. The molecule has 0 aliphatic heterocycles. The van der Waals surface area contributed by atoms with Crippen LogP contribution in [-0.2, 0) is 47.9 Å². The molecule has 0 aromatic rings. The summed E-state index contributed by atoms with van der Waals surface area (Å²) in [4.78, 5) is 126. The first-order valence-corrected chi connectivity index (χ1v) is 19.6. The van der Waals surface area contributed by atoms with Crippen LogP contribution in [0.25, 0.3) is 0 Å². The van der Waals surface area contributed by atoms with Gasteiger partial charge >= 0.3 is 17.9 Å². The molecule has 59 heavy (non-hydrogen) atoms. The molecule has 0 fully saturated rings. The summed E-state index contributed by atoms with van der Waals surface area (Å²) in [6, 6.07) is -9.58. The molecule has 0 aliphatic rings. The Labute approximate surface area is 342 Å². The Kier molecular flexibility index (Phi) is 26.2. The van der Waals surface area contributed by atoms with Gasteiger partial charge in [0.25, 0.3) is 0 Å². The van der Waals surface area contributed by atoms with Crippen molar-refractivity contribution in [2.24, 2.45) is 28.9 Å². The van der Waals surface area contributed by atoms with E-state index in [0.29, 0.717) is 32.2 Å². The molecule has 0 aromatic heterocycles. The number of amides is 7. The van der Waals surface area contributed by atoms with Crippen LogP contribution >= 0.6 is 0 Å². The standard InChI is InChI=1S/C36H64N10O13/c1-19(2)18-26(35(57)44-23(10-13-27(40)47)34(56)45-25(36(58)59)12-15-29(50)51)46-32(54)22(9-5-7-17-38)42-33(55)24(11-14-28(48)49)43-31(53)21(8-4-6-16-37)41-30(52)20(3)39/h19-26H,4-18,37-39H2,1-3H3,(H2,40,47)(H,41,52)(H,42,55)(H,43,53)(H,44,57)(H,45,56)(H,46,54)(H,48,49)(H,50,51)(H,58,59). The van der Waals surface area contributed by atoms with Crippen molar-refractivity contribution in [3.8, 4) is 0 Å². The van der Waals surface area contributed by atoms with E-state index in [1.165, 1.54) is 6.92 Å². The number of rotatable bonds is 32. The van der Waals surface area contributed by atoms with Crippen LogP contribution in [0.3, 0.4) is 0 Å². The highest BCUT2D eigenvalue weighted by atomic mass is 16.4. The van der Waals surface area contributed by atoms with Gasteiger partial charge in [-0.15, -0.1) is 0 Å². The first-order chi connectivity index (χ1) is 27.6. The highest BCUT2D eigenvalue weighted by Crippen LogP contribution is 2.11. The van der Waals surface area contributed by atoms with Gasteiger partial charge in [0.1, 0.15) is 36.3 Å². The maximum atomic E-state index is 13.9. The molecule has 0 bridgehead atoms. The van der Waals surface area contributed by atoms with Gasteiger partial charge < -0.3 is 70.2 Å². The summed E-state index contributed by atoms with van der Waals surface area (Å²) in [5, 5.41) is 42.5. The Balaban J connectivity index is 6.49. The molecule has 23 nitrogen and oxygen atoms in total. The highest BCUT2D eigenvalue weighted by molar-refractivity contribution is 5.97. The first kappa shape index (κ1) is 53.6. The SMILES string of the molecule is CC(C)CC(NC(=O)C(CCCCN)NC(=O)C(CCC(=O)O)NC(=O)C(CCCCN)NC(=O)C(C)N)C(=O)NC(CCC(N)=O)C(=O)NC(CCC(=O)O)C(=O)O. The maximum absolute atomic E-state index is 13.9. The third-order valence-corrected chi connectivity index (χ3v) is 8.77. The van der Waals surface area contributed by atoms with Crippen LogP contribution in [-0.4, -0.2) is 130 Å². The van der Waals surface area contributed by atoms with Crippen LogP contribution in [0.4, 0.5) is 0 Å². The first-order valence-electron chi connectivity index (χ1n) is 19.6. The molecule has 336 valence electrons. The van der Waals surface area contributed by atoms with Crippen LogP contribution < -0.4 is 54.8 Å². The summed E-state index contributed by atoms with van der Waals surface area (Å²) in [5.41, 5.74) is 22.1. The molecule has 23 heteroatoms. The summed E-state index contributed by atoms with van der Waals surface area (Å²) in [6.45, 7) is 5.38. The molecule has 0 radical (unpaired) electrons. The number of nitrogens with one attached hydrogen (secondary N) is 6. The van der Waals surface area contributed by atoms with Crippen LogP contribution in [0.1, 0.15) is 104 Å². The van der Waals surface area contributed by atoms with Crippen LogP contribution in [0.15, 0.2) is 0 Å². The Morgan fingerprint density at radius 1 is 0.458 bits per heavy atom. The Bertz CT molecular complexity index is 1450. The van der Waals surface area contributed by atoms with E-state index in [-0.39, 0.29) is 38.1 Å². The van der Waals surface area contributed by atoms with E-state index < -0.39 is 134 Å². The average molecular weight is 845 g/mol. The van der Waals surface area contributed by atoms with Crippen LogP contribution in [0.2, 0.25) is 0 Å². The third-order valence-electron chi connectivity index (χ3n) is 8.77. The van der Waals surface area contributed by atoms with Gasteiger partial charge in [0, 0.05) is 19.3 Å². The average Bonchev–Trinajstić information content (AvgIpc) is 3.14. The second-order valence-electron chi connectivity index (χ2n) is 14.6. The Morgan fingerprint density at radius 2 is 0.780 bits per heavy atom. The fraction of sp³-hybridized carbons (Fsp3) is 0.722. The summed E-state index contributed by atoms with van der Waals surface area (Å²) >= 11 is 0. The van der Waals surface area contributed by atoms with Crippen LogP contribution in [0.5, 0.6) is 0 Å². The fourth-order valence-electron chi connectivity index (χ4n) is 5.51. The molecule has 0 aliphatic carbocycles. The fourth-order valence-corrected chi connectivity index (χ4v) is 5.51. The topological polar surface area (TPSA) is 408 Å². The van der Waals surface area contributed by atoms with E-state index in [9.17, 15) is 58.2 Å². The lowest BCUT2D eigenvalue weighted by atomic mass is 10.0. The highest BCUT2D eigenvalue weighted by Gasteiger charge is 2.34. The Morgan fingerprint density at radius 3 is 1.12 bits per heavy atom. The molecule has 0 saturated heterocycles. The molecule has 7 amide bonds. The van der Waals surface area contributed by atoms with E-state index >= 15 is 0 Å². The van der Waals surface area contributed by atoms with Crippen molar-refractivity contribution in [2.75, 3.05) is 13.1 Å². The van der Waals surface area contributed by atoms with Crippen LogP contribution in [0, 0.1) is 5.92 Å². The van der Waals surface area contributed by atoms with Gasteiger partial charge in [-0.2, -0.15) is 0 Å². The number of carbonyl (C=O) groups is 10. The van der Waals surface area contributed by atoms with Crippen molar-refractivity contribution >= 4 is 59.3 Å². The van der Waals surface area contributed by atoms with E-state index in [0.717, 1.165) is 0 Å². The number of hydrogen-bond acceptors (Lipinski definition) is 13. The predicted molar refractivity (Wildman–Crippen MR) is 210 cm³/mol. The number of aliphatic carboxylic acids is 3. The minimum Gasteiger partial charge on any atom is -0.481 e. The second-order valence-corrected chi connectivity index (χ2v) is 14.6. The number of carboxylic acids is 3. The predicted octanol–water partition coefficient (Wildman–Crippen LogP) is -3.37. The van der Waals surface area contributed by atoms with Gasteiger partial charge in [0.05, 0.1) is 6.04 Å². The second kappa shape index (κ2) is 28.9. The maximum Gasteiger partial charge on any atom is 0.326 e. The number of carboxylic acid groups (broad SMARTS) is 3. The minimum atomic E-state index is -1.66. The van der Waals surface area contributed by atoms with Gasteiger partial charge in [0.15, 0.2) is 0 Å². The van der Waals surface area contributed by atoms with Crippen molar-refractivity contribution in [3.05, 3.63) is 0 Å². The smallest absolute Gasteiger partial charge is 0.326 e. The molecular formula is C36H64N10O13. The monoisotopic (exact) mass is 844 g/mol. The molecular weight excluding hydrogens is 780 g/mol. The summed E-state index contributed by atoms with van der Waals surface area (Å²) < 4.78 is 0. The summed E-state index contributed by atoms with van der Waals surface area (Å²) in [7, 11) is 0. The van der Waals surface area contributed by atoms with E-state index in [1.54, 1.807) is 13.8 Å². The summed E-state index contributed by atoms with van der Waals surface area (Å²) in [5.74, 6) is -10.5. The molecule has 17 N–H and O–H groups in total. The molecule has 0 saturated carbocycles. The van der Waals surface area contributed by atoms with Crippen molar-refractivity contribution in [1.82, 2.24) is 31.9 Å². The summed E-state index contributed by atoms with van der Waals surface area (Å²) in [6.07, 6.45) is -1.15. The number of nitrogens with two attached hydrogens (primary N) is 4. The lowest BCUT2D eigenvalue weighted by Crippen LogP contribution is -2.60. The molecule has 0 aromatic carbocycles. The molecule has 0 rings (SSSR count). The molecule has 7 unspecified atom stereocenters. The number of carbonyl (C=O) groups excluding carboxylic acids is 7. The van der Waals surface area contributed by atoms with Gasteiger partial charge in [-0.25, -0.2) is 4.79 Å². The van der Waals surface area contributed by atoms with Gasteiger partial charge in [-0.1, -0.05) is 13.8 Å². The quantitative estimate of drug-likeness (QED) is 0.0294. The normalized spacial score (nSPS) is 14.6. The molecule has 0 spiro atoms. The van der Waals surface area contributed by atoms with Gasteiger partial charge in [0.2, 0.25) is 41.4 Å².